The van der Waals surface area contributed by atoms with E-state index in [2.05, 4.69) is 16.0 Å². The van der Waals surface area contributed by atoms with Gasteiger partial charge >= 0.3 is 6.18 Å². The number of fused-ring (bicyclic) bond motifs is 1. The van der Waals surface area contributed by atoms with Crippen LogP contribution in [0.1, 0.15) is 40.9 Å². The number of rotatable bonds is 8. The Kier molecular flexibility index (Phi) is 6.87. The highest BCUT2D eigenvalue weighted by atomic mass is 19.4. The summed E-state index contributed by atoms with van der Waals surface area (Å²) in [7, 11) is 0. The van der Waals surface area contributed by atoms with Gasteiger partial charge in [-0.1, -0.05) is 6.07 Å². The number of benzene rings is 2. The molecule has 3 heterocycles. The molecule has 1 aliphatic heterocycles. The zero-order chi connectivity index (χ0) is 25.1. The predicted molar refractivity (Wildman–Crippen MR) is 132 cm³/mol. The number of furan rings is 1. The zero-order valence-corrected chi connectivity index (χ0v) is 19.9. The van der Waals surface area contributed by atoms with E-state index in [1.165, 1.54) is 25.0 Å². The smallest absolute Gasteiger partial charge is 0.416 e. The maximum absolute atomic E-state index is 13.3. The van der Waals surface area contributed by atoms with Crippen LogP contribution < -0.4 is 0 Å². The van der Waals surface area contributed by atoms with Crippen molar-refractivity contribution in [3.8, 4) is 11.1 Å². The van der Waals surface area contributed by atoms with Crippen LogP contribution in [0.3, 0.4) is 0 Å². The first kappa shape index (κ1) is 24.2. The van der Waals surface area contributed by atoms with E-state index in [0.29, 0.717) is 12.3 Å². The number of amides is 1. The number of carbonyl (C=O) groups is 1. The highest BCUT2D eigenvalue weighted by molar-refractivity contribution is 5.94. The van der Waals surface area contributed by atoms with E-state index in [-0.39, 0.29) is 18.0 Å². The van der Waals surface area contributed by atoms with Crippen molar-refractivity contribution in [2.75, 3.05) is 26.2 Å². The summed E-state index contributed by atoms with van der Waals surface area (Å²) in [5.74, 6) is 0.317. The highest BCUT2D eigenvalue weighted by Gasteiger charge is 2.30. The van der Waals surface area contributed by atoms with E-state index < -0.39 is 11.7 Å². The van der Waals surface area contributed by atoms with Crippen LogP contribution in [-0.4, -0.2) is 46.9 Å². The van der Waals surface area contributed by atoms with Gasteiger partial charge in [0, 0.05) is 29.4 Å². The van der Waals surface area contributed by atoms with Gasteiger partial charge in [-0.15, -0.1) is 0 Å². The number of halogens is 3. The van der Waals surface area contributed by atoms with Gasteiger partial charge in [0.05, 0.1) is 18.4 Å². The summed E-state index contributed by atoms with van der Waals surface area (Å²) in [4.78, 5) is 20.5. The second kappa shape index (κ2) is 10.2. The van der Waals surface area contributed by atoms with Gasteiger partial charge in [0.25, 0.3) is 5.91 Å². The summed E-state index contributed by atoms with van der Waals surface area (Å²) in [6.07, 6.45) is 2.29. The average molecular weight is 496 g/mol. The summed E-state index contributed by atoms with van der Waals surface area (Å²) in [6, 6.07) is 14.4. The first-order chi connectivity index (χ1) is 17.4. The maximum Gasteiger partial charge on any atom is 0.416 e. The van der Waals surface area contributed by atoms with E-state index in [1.807, 2.05) is 30.5 Å². The lowest BCUT2D eigenvalue weighted by Gasteiger charge is -2.23. The topological polar surface area (TPSA) is 52.5 Å². The lowest BCUT2D eigenvalue weighted by atomic mass is 10.1. The summed E-state index contributed by atoms with van der Waals surface area (Å²) in [6.45, 7) is 3.75. The molecule has 0 atom stereocenters. The Labute approximate surface area is 207 Å². The number of hydrogen-bond donors (Lipinski definition) is 1. The molecule has 0 bridgehead atoms. The molecule has 2 aromatic heterocycles. The third-order valence-electron chi connectivity index (χ3n) is 6.73. The number of aromatic amines is 1. The molecule has 1 N–H and O–H groups in total. The van der Waals surface area contributed by atoms with E-state index in [0.717, 1.165) is 60.2 Å². The molecule has 0 saturated carbocycles. The molecule has 36 heavy (non-hydrogen) atoms. The molecular weight excluding hydrogens is 467 g/mol. The number of nitrogens with one attached hydrogen (secondary N) is 1. The van der Waals surface area contributed by atoms with Crippen molar-refractivity contribution in [3.63, 3.8) is 0 Å². The van der Waals surface area contributed by atoms with E-state index >= 15 is 0 Å². The SMILES string of the molecule is O=C(c1ccc(C(F)(F)F)cc1)N(CCCN1CCCC1)Cc1cc(-c2ccc3[nH]ccc3c2)co1. The minimum Gasteiger partial charge on any atom is -0.467 e. The van der Waals surface area contributed by atoms with Gasteiger partial charge in [0.15, 0.2) is 0 Å². The van der Waals surface area contributed by atoms with Gasteiger partial charge in [-0.25, -0.2) is 0 Å². The van der Waals surface area contributed by atoms with Gasteiger partial charge < -0.3 is 19.2 Å². The van der Waals surface area contributed by atoms with Crippen molar-refractivity contribution in [2.45, 2.75) is 32.0 Å². The van der Waals surface area contributed by atoms with Gasteiger partial charge in [0.1, 0.15) is 5.76 Å². The van der Waals surface area contributed by atoms with E-state index in [9.17, 15) is 18.0 Å². The Balaban J connectivity index is 1.32. The van der Waals surface area contributed by atoms with Crippen LogP contribution in [0.15, 0.2) is 71.5 Å². The molecule has 8 heteroatoms. The Hall–Kier alpha value is -3.52. The molecule has 0 aliphatic carbocycles. The highest BCUT2D eigenvalue weighted by Crippen LogP contribution is 2.30. The molecule has 1 amide bonds. The van der Waals surface area contributed by atoms with Crippen LogP contribution >= 0.6 is 0 Å². The molecule has 1 aliphatic rings. The Morgan fingerprint density at radius 3 is 2.53 bits per heavy atom. The number of nitrogens with zero attached hydrogens (tertiary/aromatic N) is 2. The van der Waals surface area contributed by atoms with Crippen molar-refractivity contribution in [3.05, 3.63) is 83.9 Å². The number of carbonyl (C=O) groups excluding carboxylic acids is 1. The fraction of sp³-hybridized carbons (Fsp3) is 0.321. The predicted octanol–water partition coefficient (Wildman–Crippen LogP) is 6.58. The van der Waals surface area contributed by atoms with Gasteiger partial charge in [-0.05, 0) is 98.4 Å². The first-order valence-corrected chi connectivity index (χ1v) is 12.2. The molecule has 0 radical (unpaired) electrons. The average Bonchev–Trinajstić information content (AvgIpc) is 3.64. The molecule has 0 unspecified atom stereocenters. The van der Waals surface area contributed by atoms with E-state index in [1.54, 1.807) is 11.2 Å². The first-order valence-electron chi connectivity index (χ1n) is 12.2. The van der Waals surface area contributed by atoms with Crippen molar-refractivity contribution < 1.29 is 22.4 Å². The molecule has 2 aromatic carbocycles. The summed E-state index contributed by atoms with van der Waals surface area (Å²) < 4.78 is 44.7. The molecule has 4 aromatic rings. The third-order valence-corrected chi connectivity index (χ3v) is 6.73. The lowest BCUT2D eigenvalue weighted by molar-refractivity contribution is -0.137. The molecule has 5 rings (SSSR count). The molecule has 1 fully saturated rings. The van der Waals surface area contributed by atoms with E-state index in [4.69, 9.17) is 4.42 Å². The normalized spacial score (nSPS) is 14.5. The zero-order valence-electron chi connectivity index (χ0n) is 19.9. The molecule has 5 nitrogen and oxygen atoms in total. The number of alkyl halides is 3. The monoisotopic (exact) mass is 495 g/mol. The lowest BCUT2D eigenvalue weighted by Crippen LogP contribution is -2.33. The van der Waals surface area contributed by atoms with Crippen molar-refractivity contribution >= 4 is 16.8 Å². The van der Waals surface area contributed by atoms with Gasteiger partial charge in [0.2, 0.25) is 0 Å². The number of H-pyrrole nitrogens is 1. The molecule has 0 spiro atoms. The van der Waals surface area contributed by atoms with Crippen LogP contribution in [-0.2, 0) is 12.7 Å². The summed E-state index contributed by atoms with van der Waals surface area (Å²) >= 11 is 0. The Bertz CT molecular complexity index is 1320. The maximum atomic E-state index is 13.3. The van der Waals surface area contributed by atoms with Crippen LogP contribution in [0.2, 0.25) is 0 Å². The van der Waals surface area contributed by atoms with Crippen LogP contribution in [0.5, 0.6) is 0 Å². The van der Waals surface area contributed by atoms with Crippen molar-refractivity contribution in [1.29, 1.82) is 0 Å². The van der Waals surface area contributed by atoms with Gasteiger partial charge in [-0.3, -0.25) is 4.79 Å². The van der Waals surface area contributed by atoms with Crippen LogP contribution in [0.25, 0.3) is 22.0 Å². The van der Waals surface area contributed by atoms with Crippen LogP contribution in [0, 0.1) is 0 Å². The summed E-state index contributed by atoms with van der Waals surface area (Å²) in [5, 5.41) is 1.09. The minimum atomic E-state index is -4.44. The summed E-state index contributed by atoms with van der Waals surface area (Å²) in [5.41, 5.74) is 2.43. The molecule has 1 saturated heterocycles. The second-order valence-electron chi connectivity index (χ2n) is 9.29. The largest absolute Gasteiger partial charge is 0.467 e. The van der Waals surface area contributed by atoms with Crippen molar-refractivity contribution in [1.82, 2.24) is 14.8 Å². The third kappa shape index (κ3) is 5.49. The Morgan fingerprint density at radius 1 is 1.00 bits per heavy atom. The second-order valence-corrected chi connectivity index (χ2v) is 9.29. The van der Waals surface area contributed by atoms with Crippen molar-refractivity contribution in [2.24, 2.45) is 0 Å². The fourth-order valence-corrected chi connectivity index (χ4v) is 4.76. The standard InChI is InChI=1S/C28H28F3N3O2/c29-28(30,31)24-7-4-20(5-8-24)27(35)34(15-3-14-33-12-1-2-13-33)18-25-17-23(19-36-25)21-6-9-26-22(16-21)10-11-32-26/h4-11,16-17,19,32H,1-3,12-15,18H2. The fourth-order valence-electron chi connectivity index (χ4n) is 4.76. The minimum absolute atomic E-state index is 0.230. The molecule has 188 valence electrons. The van der Waals surface area contributed by atoms with Gasteiger partial charge in [-0.2, -0.15) is 13.2 Å². The number of hydrogen-bond acceptors (Lipinski definition) is 3. The quantitative estimate of drug-likeness (QED) is 0.301. The van der Waals surface area contributed by atoms with Crippen LogP contribution in [0.4, 0.5) is 13.2 Å². The molecular formula is C28H28F3N3O2. The number of aromatic nitrogens is 1. The Morgan fingerprint density at radius 2 is 1.78 bits per heavy atom. The number of likely N-dealkylation sites (tertiary alicyclic amines) is 1.